The van der Waals surface area contributed by atoms with Crippen LogP contribution in [0, 0.1) is 17.1 Å². The number of halogens is 2. The molecule has 0 aliphatic carbocycles. The van der Waals surface area contributed by atoms with E-state index in [0.29, 0.717) is 13.2 Å². The summed E-state index contributed by atoms with van der Waals surface area (Å²) >= 11 is 5.89. The molecule has 5 heteroatoms. The number of nitrogens with zero attached hydrogens (tertiary/aromatic N) is 1. The van der Waals surface area contributed by atoms with Gasteiger partial charge in [-0.25, -0.2) is 4.39 Å². The summed E-state index contributed by atoms with van der Waals surface area (Å²) in [6, 6.07) is 5.64. The second-order valence-electron chi connectivity index (χ2n) is 3.50. The molecule has 0 aliphatic heterocycles. The fourth-order valence-electron chi connectivity index (χ4n) is 1.46. The molecular formula is C12H14ClFN2O. The lowest BCUT2D eigenvalue weighted by Gasteiger charge is -2.13. The number of hydrogen-bond acceptors (Lipinski definition) is 3. The van der Waals surface area contributed by atoms with E-state index in [0.717, 1.165) is 6.42 Å². The average Bonchev–Trinajstić information content (AvgIpc) is 2.31. The van der Waals surface area contributed by atoms with E-state index < -0.39 is 11.9 Å². The highest BCUT2D eigenvalue weighted by molar-refractivity contribution is 6.31. The van der Waals surface area contributed by atoms with E-state index in [4.69, 9.17) is 21.6 Å². The Labute approximate surface area is 105 Å². The second-order valence-corrected chi connectivity index (χ2v) is 3.91. The molecule has 1 rings (SSSR count). The molecule has 17 heavy (non-hydrogen) atoms. The van der Waals surface area contributed by atoms with Crippen molar-refractivity contribution >= 4 is 11.6 Å². The largest absolute Gasteiger partial charge is 0.385 e. The number of benzene rings is 1. The van der Waals surface area contributed by atoms with Crippen LogP contribution in [-0.2, 0) is 4.74 Å². The molecule has 0 aliphatic rings. The number of nitriles is 1. The quantitative estimate of drug-likeness (QED) is 0.796. The molecule has 0 radical (unpaired) electrons. The van der Waals surface area contributed by atoms with E-state index in [1.54, 1.807) is 13.2 Å². The minimum Gasteiger partial charge on any atom is -0.385 e. The standard InChI is InChI=1S/C12H14ClFN2O/c1-17-7-3-6-16-11(8-15)12-9(13)4-2-5-10(12)14/h2,4-5,11,16H,3,6-7H2,1H3. The Morgan fingerprint density at radius 2 is 2.35 bits per heavy atom. The van der Waals surface area contributed by atoms with Crippen LogP contribution in [0.1, 0.15) is 18.0 Å². The molecule has 92 valence electrons. The summed E-state index contributed by atoms with van der Waals surface area (Å²) in [6.07, 6.45) is 0.751. The van der Waals surface area contributed by atoms with Crippen molar-refractivity contribution in [3.8, 4) is 6.07 Å². The first kappa shape index (κ1) is 13.9. The van der Waals surface area contributed by atoms with Gasteiger partial charge in [0.1, 0.15) is 11.9 Å². The van der Waals surface area contributed by atoms with Gasteiger partial charge in [0.25, 0.3) is 0 Å². The molecule has 0 amide bonds. The summed E-state index contributed by atoms with van der Waals surface area (Å²) in [6.45, 7) is 1.16. The zero-order valence-electron chi connectivity index (χ0n) is 9.54. The van der Waals surface area contributed by atoms with E-state index in [1.165, 1.54) is 12.1 Å². The normalized spacial score (nSPS) is 12.1. The fourth-order valence-corrected chi connectivity index (χ4v) is 1.73. The summed E-state index contributed by atoms with van der Waals surface area (Å²) in [4.78, 5) is 0. The minimum absolute atomic E-state index is 0.203. The number of ether oxygens (including phenoxy) is 1. The van der Waals surface area contributed by atoms with Gasteiger partial charge in [-0.15, -0.1) is 0 Å². The summed E-state index contributed by atoms with van der Waals surface area (Å²) in [7, 11) is 1.61. The molecule has 1 N–H and O–H groups in total. The van der Waals surface area contributed by atoms with E-state index in [1.807, 2.05) is 6.07 Å². The van der Waals surface area contributed by atoms with Crippen LogP contribution >= 0.6 is 11.6 Å². The van der Waals surface area contributed by atoms with Crippen LogP contribution in [0.3, 0.4) is 0 Å². The molecule has 3 nitrogen and oxygen atoms in total. The Morgan fingerprint density at radius 1 is 1.59 bits per heavy atom. The second kappa shape index (κ2) is 7.23. The number of rotatable bonds is 6. The molecule has 1 aromatic carbocycles. The van der Waals surface area contributed by atoms with Crippen molar-refractivity contribution in [2.24, 2.45) is 0 Å². The van der Waals surface area contributed by atoms with Crippen molar-refractivity contribution in [2.75, 3.05) is 20.3 Å². The highest BCUT2D eigenvalue weighted by Crippen LogP contribution is 2.25. The fraction of sp³-hybridized carbons (Fsp3) is 0.417. The molecule has 0 saturated carbocycles. The summed E-state index contributed by atoms with van der Waals surface area (Å²) in [5.41, 5.74) is 0.203. The van der Waals surface area contributed by atoms with Crippen LogP contribution in [0.2, 0.25) is 5.02 Å². The monoisotopic (exact) mass is 256 g/mol. The minimum atomic E-state index is -0.736. The first-order valence-corrected chi connectivity index (χ1v) is 5.64. The molecule has 0 heterocycles. The Morgan fingerprint density at radius 3 is 2.94 bits per heavy atom. The molecule has 0 bridgehead atoms. The summed E-state index contributed by atoms with van der Waals surface area (Å²) in [5.74, 6) is -0.469. The van der Waals surface area contributed by atoms with E-state index in [2.05, 4.69) is 5.32 Å². The third kappa shape index (κ3) is 3.97. The zero-order chi connectivity index (χ0) is 12.7. The average molecular weight is 257 g/mol. The van der Waals surface area contributed by atoms with Gasteiger partial charge < -0.3 is 4.74 Å². The van der Waals surface area contributed by atoms with E-state index in [9.17, 15) is 4.39 Å². The molecule has 0 spiro atoms. The third-order valence-corrected chi connectivity index (χ3v) is 2.62. The van der Waals surface area contributed by atoms with Crippen LogP contribution < -0.4 is 5.32 Å². The van der Waals surface area contributed by atoms with Crippen molar-refractivity contribution in [1.29, 1.82) is 5.26 Å². The van der Waals surface area contributed by atoms with Gasteiger partial charge in [0, 0.05) is 24.3 Å². The maximum absolute atomic E-state index is 13.6. The molecule has 1 atom stereocenters. The first-order valence-electron chi connectivity index (χ1n) is 5.26. The molecule has 1 aromatic rings. The predicted octanol–water partition coefficient (Wildman–Crippen LogP) is 2.67. The Balaban J connectivity index is 2.70. The maximum atomic E-state index is 13.6. The van der Waals surface area contributed by atoms with Gasteiger partial charge in [0.05, 0.1) is 6.07 Å². The lowest BCUT2D eigenvalue weighted by Crippen LogP contribution is -2.23. The molecule has 0 fully saturated rings. The summed E-state index contributed by atoms with van der Waals surface area (Å²) < 4.78 is 18.5. The number of methoxy groups -OCH3 is 1. The molecule has 0 saturated heterocycles. The topological polar surface area (TPSA) is 45.0 Å². The molecule has 0 aromatic heterocycles. The highest BCUT2D eigenvalue weighted by atomic mass is 35.5. The van der Waals surface area contributed by atoms with E-state index in [-0.39, 0.29) is 10.6 Å². The van der Waals surface area contributed by atoms with Gasteiger partial charge in [-0.05, 0) is 25.1 Å². The smallest absolute Gasteiger partial charge is 0.130 e. The van der Waals surface area contributed by atoms with Crippen molar-refractivity contribution in [1.82, 2.24) is 5.32 Å². The van der Waals surface area contributed by atoms with E-state index >= 15 is 0 Å². The van der Waals surface area contributed by atoms with Crippen LogP contribution in [0.5, 0.6) is 0 Å². The van der Waals surface area contributed by atoms with Gasteiger partial charge >= 0.3 is 0 Å². The SMILES string of the molecule is COCCCNC(C#N)c1c(F)cccc1Cl. The van der Waals surface area contributed by atoms with Gasteiger partial charge in [-0.2, -0.15) is 5.26 Å². The van der Waals surface area contributed by atoms with Crippen LogP contribution in [0.25, 0.3) is 0 Å². The Bertz CT molecular complexity index is 386. The Kier molecular flexibility index (Phi) is 5.92. The van der Waals surface area contributed by atoms with Gasteiger partial charge in [-0.3, -0.25) is 5.32 Å². The Hall–Kier alpha value is -1.15. The number of nitrogens with one attached hydrogen (secondary N) is 1. The molecular weight excluding hydrogens is 243 g/mol. The third-order valence-electron chi connectivity index (χ3n) is 2.29. The van der Waals surface area contributed by atoms with Crippen LogP contribution in [0.4, 0.5) is 4.39 Å². The molecule has 1 unspecified atom stereocenters. The van der Waals surface area contributed by atoms with Crippen molar-refractivity contribution in [3.05, 3.63) is 34.6 Å². The van der Waals surface area contributed by atoms with Crippen molar-refractivity contribution in [2.45, 2.75) is 12.5 Å². The maximum Gasteiger partial charge on any atom is 0.130 e. The van der Waals surface area contributed by atoms with Crippen molar-refractivity contribution in [3.63, 3.8) is 0 Å². The lowest BCUT2D eigenvalue weighted by molar-refractivity contribution is 0.194. The van der Waals surface area contributed by atoms with Crippen LogP contribution in [0.15, 0.2) is 18.2 Å². The van der Waals surface area contributed by atoms with Crippen molar-refractivity contribution < 1.29 is 9.13 Å². The predicted molar refractivity (Wildman–Crippen MR) is 64.3 cm³/mol. The zero-order valence-corrected chi connectivity index (χ0v) is 10.3. The first-order chi connectivity index (χ1) is 8.20. The lowest BCUT2D eigenvalue weighted by atomic mass is 10.1. The van der Waals surface area contributed by atoms with Gasteiger partial charge in [0.2, 0.25) is 0 Å². The highest BCUT2D eigenvalue weighted by Gasteiger charge is 2.17. The summed E-state index contributed by atoms with van der Waals surface area (Å²) in [5, 5.41) is 12.2. The van der Waals surface area contributed by atoms with Crippen LogP contribution in [-0.4, -0.2) is 20.3 Å². The van der Waals surface area contributed by atoms with Gasteiger partial charge in [-0.1, -0.05) is 17.7 Å². The number of hydrogen-bond donors (Lipinski definition) is 1. The van der Waals surface area contributed by atoms with Gasteiger partial charge in [0.15, 0.2) is 0 Å².